The van der Waals surface area contributed by atoms with Gasteiger partial charge in [-0.25, -0.2) is 4.98 Å². The molecule has 7 heteroatoms. The second-order valence-corrected chi connectivity index (χ2v) is 6.61. The van der Waals surface area contributed by atoms with E-state index >= 15 is 0 Å². The lowest BCUT2D eigenvalue weighted by Crippen LogP contribution is -2.36. The van der Waals surface area contributed by atoms with Gasteiger partial charge in [-0.3, -0.25) is 9.48 Å². The molecule has 128 valence electrons. The molecule has 0 bridgehead atoms. The maximum absolute atomic E-state index is 12.6. The van der Waals surface area contributed by atoms with Gasteiger partial charge in [-0.15, -0.1) is 0 Å². The molecule has 1 aliphatic rings. The van der Waals surface area contributed by atoms with E-state index in [1.807, 2.05) is 25.1 Å². The first-order chi connectivity index (χ1) is 11.6. The molecule has 1 aliphatic heterocycles. The number of carbonyl (C=O) groups is 1. The van der Waals surface area contributed by atoms with Gasteiger partial charge in [0.2, 0.25) is 0 Å². The highest BCUT2D eigenvalue weighted by Crippen LogP contribution is 2.25. The summed E-state index contributed by atoms with van der Waals surface area (Å²) in [5.41, 5.74) is 1.58. The number of carbonyl (C=O) groups excluding carboxylic acids is 1. The molecule has 24 heavy (non-hydrogen) atoms. The average molecular weight is 348 g/mol. The Kier molecular flexibility index (Phi) is 5.35. The summed E-state index contributed by atoms with van der Waals surface area (Å²) < 4.78 is 1.69. The quantitative estimate of drug-likeness (QED) is 0.903. The second-order valence-electron chi connectivity index (χ2n) is 6.20. The van der Waals surface area contributed by atoms with Gasteiger partial charge in [-0.1, -0.05) is 11.6 Å². The van der Waals surface area contributed by atoms with Gasteiger partial charge in [0.25, 0.3) is 5.91 Å². The highest BCUT2D eigenvalue weighted by Gasteiger charge is 2.17. The fourth-order valence-corrected chi connectivity index (χ4v) is 3.19. The SMILES string of the molecule is CC(Cn1cncn1)NC(=O)c1cc(N2CCCCC2)ccc1Cl. The van der Waals surface area contributed by atoms with Crippen molar-refractivity contribution in [2.45, 2.75) is 38.8 Å². The zero-order chi connectivity index (χ0) is 16.9. The predicted molar refractivity (Wildman–Crippen MR) is 94.5 cm³/mol. The monoisotopic (exact) mass is 347 g/mol. The zero-order valence-electron chi connectivity index (χ0n) is 13.8. The van der Waals surface area contributed by atoms with Gasteiger partial charge < -0.3 is 10.2 Å². The number of hydrogen-bond acceptors (Lipinski definition) is 4. The Labute approximate surface area is 146 Å². The first kappa shape index (κ1) is 16.8. The molecule has 1 aromatic heterocycles. The fraction of sp³-hybridized carbons (Fsp3) is 0.471. The highest BCUT2D eigenvalue weighted by atomic mass is 35.5. The lowest BCUT2D eigenvalue weighted by atomic mass is 10.1. The number of hydrogen-bond donors (Lipinski definition) is 1. The van der Waals surface area contributed by atoms with E-state index in [4.69, 9.17) is 11.6 Å². The lowest BCUT2D eigenvalue weighted by molar-refractivity contribution is 0.0936. The second kappa shape index (κ2) is 7.66. The van der Waals surface area contributed by atoms with Crippen LogP contribution in [-0.4, -0.2) is 39.8 Å². The zero-order valence-corrected chi connectivity index (χ0v) is 14.5. The molecule has 3 rings (SSSR count). The summed E-state index contributed by atoms with van der Waals surface area (Å²) in [7, 11) is 0. The minimum atomic E-state index is -0.161. The van der Waals surface area contributed by atoms with Gasteiger partial charge in [0.1, 0.15) is 12.7 Å². The number of aromatic nitrogens is 3. The first-order valence-corrected chi connectivity index (χ1v) is 8.69. The molecule has 1 aromatic carbocycles. The van der Waals surface area contributed by atoms with Crippen molar-refractivity contribution in [2.75, 3.05) is 18.0 Å². The molecule has 2 aromatic rings. The Morgan fingerprint density at radius 1 is 1.33 bits per heavy atom. The molecule has 2 heterocycles. The highest BCUT2D eigenvalue weighted by molar-refractivity contribution is 6.34. The van der Waals surface area contributed by atoms with Crippen molar-refractivity contribution < 1.29 is 4.79 Å². The molecular formula is C17H22ClN5O. The van der Waals surface area contributed by atoms with Gasteiger partial charge in [-0.05, 0) is 44.4 Å². The van der Waals surface area contributed by atoms with Crippen LogP contribution < -0.4 is 10.2 Å². The topological polar surface area (TPSA) is 63.1 Å². The molecule has 0 radical (unpaired) electrons. The summed E-state index contributed by atoms with van der Waals surface area (Å²) in [5, 5.41) is 7.50. The van der Waals surface area contributed by atoms with Crippen LogP contribution in [0.15, 0.2) is 30.9 Å². The number of nitrogens with one attached hydrogen (secondary N) is 1. The number of halogens is 1. The van der Waals surface area contributed by atoms with Crippen molar-refractivity contribution in [3.63, 3.8) is 0 Å². The standard InChI is InChI=1S/C17H22ClN5O/c1-13(10-23-12-19-11-20-23)21-17(24)15-9-14(5-6-16(15)18)22-7-3-2-4-8-22/h5-6,9,11-13H,2-4,7-8,10H2,1H3,(H,21,24). The van der Waals surface area contributed by atoms with Crippen molar-refractivity contribution in [1.82, 2.24) is 20.1 Å². The van der Waals surface area contributed by atoms with Crippen LogP contribution in [0.25, 0.3) is 0 Å². The van der Waals surface area contributed by atoms with E-state index in [9.17, 15) is 4.79 Å². The van der Waals surface area contributed by atoms with Crippen molar-refractivity contribution in [2.24, 2.45) is 0 Å². The van der Waals surface area contributed by atoms with Crippen molar-refractivity contribution in [3.05, 3.63) is 41.4 Å². The lowest BCUT2D eigenvalue weighted by Gasteiger charge is -2.29. The van der Waals surface area contributed by atoms with Gasteiger partial charge >= 0.3 is 0 Å². The van der Waals surface area contributed by atoms with Crippen molar-refractivity contribution in [1.29, 1.82) is 0 Å². The van der Waals surface area contributed by atoms with Crippen LogP contribution in [-0.2, 0) is 6.54 Å². The molecule has 6 nitrogen and oxygen atoms in total. The normalized spacial score (nSPS) is 16.0. The summed E-state index contributed by atoms with van der Waals surface area (Å²) in [6, 6.07) is 5.62. The van der Waals surface area contributed by atoms with Gasteiger partial charge in [0, 0.05) is 24.8 Å². The van der Waals surface area contributed by atoms with E-state index in [1.54, 1.807) is 11.0 Å². The number of anilines is 1. The van der Waals surface area contributed by atoms with Crippen LogP contribution in [0.5, 0.6) is 0 Å². The van der Waals surface area contributed by atoms with Gasteiger partial charge in [0.05, 0.1) is 17.1 Å². The van der Waals surface area contributed by atoms with E-state index < -0.39 is 0 Å². The number of benzene rings is 1. The fourth-order valence-electron chi connectivity index (χ4n) is 2.99. The number of piperidine rings is 1. The van der Waals surface area contributed by atoms with Crippen LogP contribution in [0.3, 0.4) is 0 Å². The third kappa shape index (κ3) is 4.06. The molecule has 0 saturated carbocycles. The third-order valence-corrected chi connectivity index (χ3v) is 4.55. The molecule has 0 spiro atoms. The summed E-state index contributed by atoms with van der Waals surface area (Å²) in [6.07, 6.45) is 6.77. The third-order valence-electron chi connectivity index (χ3n) is 4.22. The van der Waals surface area contributed by atoms with E-state index in [2.05, 4.69) is 20.3 Å². The minimum Gasteiger partial charge on any atom is -0.372 e. The number of amides is 1. The summed E-state index contributed by atoms with van der Waals surface area (Å²) >= 11 is 6.25. The van der Waals surface area contributed by atoms with E-state index in [0.717, 1.165) is 18.8 Å². The van der Waals surface area contributed by atoms with E-state index in [0.29, 0.717) is 17.1 Å². The van der Waals surface area contributed by atoms with Crippen LogP contribution in [0.1, 0.15) is 36.5 Å². The Hall–Kier alpha value is -2.08. The molecular weight excluding hydrogens is 326 g/mol. The molecule has 1 atom stereocenters. The maximum atomic E-state index is 12.6. The van der Waals surface area contributed by atoms with Crippen molar-refractivity contribution in [3.8, 4) is 0 Å². The summed E-state index contributed by atoms with van der Waals surface area (Å²) in [6.45, 7) is 4.56. The van der Waals surface area contributed by atoms with E-state index in [1.165, 1.54) is 25.6 Å². The van der Waals surface area contributed by atoms with Crippen LogP contribution >= 0.6 is 11.6 Å². The van der Waals surface area contributed by atoms with Crippen LogP contribution in [0.4, 0.5) is 5.69 Å². The van der Waals surface area contributed by atoms with Gasteiger partial charge in [0.15, 0.2) is 0 Å². The molecule has 1 saturated heterocycles. The largest absolute Gasteiger partial charge is 0.372 e. The summed E-state index contributed by atoms with van der Waals surface area (Å²) in [4.78, 5) is 18.8. The van der Waals surface area contributed by atoms with Crippen LogP contribution in [0.2, 0.25) is 5.02 Å². The molecule has 1 N–H and O–H groups in total. The van der Waals surface area contributed by atoms with E-state index in [-0.39, 0.29) is 11.9 Å². The minimum absolute atomic E-state index is 0.0751. The maximum Gasteiger partial charge on any atom is 0.253 e. The first-order valence-electron chi connectivity index (χ1n) is 8.31. The number of nitrogens with zero attached hydrogens (tertiary/aromatic N) is 4. The van der Waals surface area contributed by atoms with Gasteiger partial charge in [-0.2, -0.15) is 5.10 Å². The van der Waals surface area contributed by atoms with Crippen molar-refractivity contribution >= 4 is 23.2 Å². The Morgan fingerprint density at radius 2 is 2.12 bits per heavy atom. The Morgan fingerprint density at radius 3 is 2.83 bits per heavy atom. The summed E-state index contributed by atoms with van der Waals surface area (Å²) in [5.74, 6) is -0.161. The predicted octanol–water partition coefficient (Wildman–Crippen LogP) is 2.74. The average Bonchev–Trinajstić information content (AvgIpc) is 3.08. The Bertz CT molecular complexity index is 682. The molecule has 0 aliphatic carbocycles. The molecule has 1 amide bonds. The Balaban J connectivity index is 1.69. The van der Waals surface area contributed by atoms with Crippen LogP contribution in [0, 0.1) is 0 Å². The smallest absolute Gasteiger partial charge is 0.253 e. The number of rotatable bonds is 5. The molecule has 1 fully saturated rings. The molecule has 1 unspecified atom stereocenters.